The Labute approximate surface area is 52.6 Å². The molecule has 0 fully saturated rings. The Morgan fingerprint density at radius 3 is 2.78 bits per heavy atom. The minimum atomic E-state index is -0.419. The lowest BCUT2D eigenvalue weighted by Crippen LogP contribution is -2.13. The summed E-state index contributed by atoms with van der Waals surface area (Å²) in [6.45, 7) is 0. The van der Waals surface area contributed by atoms with Gasteiger partial charge in [0, 0.05) is 12.2 Å². The SMILES string of the molecule is NC(=O)C1=CC=[N+]C=C1. The summed E-state index contributed by atoms with van der Waals surface area (Å²) in [6.07, 6.45) is 6.20. The molecular weight excluding hydrogens is 116 g/mol. The number of hydrogen-bond donors (Lipinski definition) is 1. The van der Waals surface area contributed by atoms with E-state index in [2.05, 4.69) is 4.99 Å². The fraction of sp³-hybridized carbons (Fsp3) is 0. The monoisotopic (exact) mass is 122 g/mol. The molecular formula is C6H6N2O+. The number of rotatable bonds is 1. The predicted octanol–water partition coefficient (Wildman–Crippen LogP) is -0.668. The Morgan fingerprint density at radius 2 is 2.44 bits per heavy atom. The van der Waals surface area contributed by atoms with Crippen LogP contribution < -0.4 is 10.7 Å². The van der Waals surface area contributed by atoms with Gasteiger partial charge in [0.1, 0.15) is 0 Å². The highest BCUT2D eigenvalue weighted by Gasteiger charge is 2.04. The summed E-state index contributed by atoms with van der Waals surface area (Å²) in [6, 6.07) is 0. The number of primary amides is 1. The summed E-state index contributed by atoms with van der Waals surface area (Å²) in [5.41, 5.74) is 5.44. The van der Waals surface area contributed by atoms with Crippen molar-refractivity contribution in [3.63, 3.8) is 0 Å². The van der Waals surface area contributed by atoms with Gasteiger partial charge >= 0.3 is 0 Å². The molecule has 1 radical (unpaired) electrons. The van der Waals surface area contributed by atoms with E-state index in [4.69, 9.17) is 5.73 Å². The van der Waals surface area contributed by atoms with Gasteiger partial charge in [0.25, 0.3) is 0 Å². The third-order valence-corrected chi connectivity index (χ3v) is 0.965. The molecule has 0 aliphatic carbocycles. The predicted molar refractivity (Wildman–Crippen MR) is 34.6 cm³/mol. The first-order valence-corrected chi connectivity index (χ1v) is 2.50. The lowest BCUT2D eigenvalue weighted by atomic mass is 10.2. The van der Waals surface area contributed by atoms with Gasteiger partial charge in [-0.3, -0.25) is 4.79 Å². The maximum Gasteiger partial charge on any atom is 0.249 e. The molecule has 2 N–H and O–H groups in total. The fourth-order valence-electron chi connectivity index (χ4n) is 0.516. The molecule has 0 unspecified atom stereocenters. The first-order chi connectivity index (χ1) is 4.30. The molecule has 1 amide bonds. The van der Waals surface area contributed by atoms with Crippen LogP contribution in [0.5, 0.6) is 0 Å². The summed E-state index contributed by atoms with van der Waals surface area (Å²) < 4.78 is 0. The molecule has 9 heavy (non-hydrogen) atoms. The number of aliphatic imine (C=N–C) groups is 1. The van der Waals surface area contributed by atoms with Crippen molar-refractivity contribution in [2.45, 2.75) is 0 Å². The van der Waals surface area contributed by atoms with E-state index in [1.165, 1.54) is 12.4 Å². The zero-order chi connectivity index (χ0) is 6.69. The van der Waals surface area contributed by atoms with E-state index in [0.29, 0.717) is 5.57 Å². The molecule has 0 aromatic rings. The first-order valence-electron chi connectivity index (χ1n) is 2.50. The van der Waals surface area contributed by atoms with Gasteiger partial charge < -0.3 is 5.73 Å². The molecule has 0 saturated carbocycles. The van der Waals surface area contributed by atoms with Crippen molar-refractivity contribution in [2.75, 3.05) is 0 Å². The van der Waals surface area contributed by atoms with E-state index in [1.54, 1.807) is 12.2 Å². The maximum atomic E-state index is 10.4. The summed E-state index contributed by atoms with van der Waals surface area (Å²) in [5, 5.41) is 0. The molecule has 1 rings (SSSR count). The van der Waals surface area contributed by atoms with Crippen LogP contribution in [0, 0.1) is 0 Å². The lowest BCUT2D eigenvalue weighted by Gasteiger charge is -1.88. The number of carbonyl (C=O) groups is 1. The van der Waals surface area contributed by atoms with Crippen LogP contribution in [0.15, 0.2) is 23.9 Å². The van der Waals surface area contributed by atoms with Gasteiger partial charge in [-0.25, -0.2) is 0 Å². The zero-order valence-corrected chi connectivity index (χ0v) is 4.74. The lowest BCUT2D eigenvalue weighted by molar-refractivity contribution is -0.114. The average molecular weight is 122 g/mol. The van der Waals surface area contributed by atoms with Crippen LogP contribution in [0.4, 0.5) is 0 Å². The number of carbonyl (C=O) groups excluding carboxylic acids is 1. The van der Waals surface area contributed by atoms with E-state index in [0.717, 1.165) is 0 Å². The minimum absolute atomic E-state index is 0.419. The summed E-state index contributed by atoms with van der Waals surface area (Å²) >= 11 is 0. The number of hydrogen-bond acceptors (Lipinski definition) is 2. The van der Waals surface area contributed by atoms with Gasteiger partial charge in [0.15, 0.2) is 0 Å². The van der Waals surface area contributed by atoms with Crippen LogP contribution in [0.3, 0.4) is 0 Å². The average Bonchev–Trinajstić information content (AvgIpc) is 1.90. The number of nitrogens with two attached hydrogens (primary N) is 1. The van der Waals surface area contributed by atoms with Crippen LogP contribution in [-0.4, -0.2) is 12.1 Å². The second-order valence-corrected chi connectivity index (χ2v) is 1.60. The van der Waals surface area contributed by atoms with E-state index >= 15 is 0 Å². The molecule has 3 nitrogen and oxygen atoms in total. The van der Waals surface area contributed by atoms with Crippen molar-refractivity contribution in [3.8, 4) is 0 Å². The number of nitrogens with zero attached hydrogens (tertiary/aromatic N) is 1. The Kier molecular flexibility index (Phi) is 1.44. The summed E-state index contributed by atoms with van der Waals surface area (Å²) in [4.78, 5) is 14.1. The van der Waals surface area contributed by atoms with Gasteiger partial charge in [-0.15, -0.1) is 0 Å². The largest absolute Gasteiger partial charge is 0.366 e. The Balaban J connectivity index is 2.84. The molecule has 0 bridgehead atoms. The Bertz CT molecular complexity index is 213. The molecule has 3 heteroatoms. The normalized spacial score (nSPS) is 15.3. The van der Waals surface area contributed by atoms with Gasteiger partial charge in [-0.2, -0.15) is 0 Å². The van der Waals surface area contributed by atoms with Crippen LogP contribution >= 0.6 is 0 Å². The smallest absolute Gasteiger partial charge is 0.249 e. The van der Waals surface area contributed by atoms with E-state index in [-0.39, 0.29) is 0 Å². The number of allylic oxidation sites excluding steroid dienone is 1. The van der Waals surface area contributed by atoms with Crippen molar-refractivity contribution in [3.05, 3.63) is 23.9 Å². The Hall–Kier alpha value is -1.38. The highest BCUT2D eigenvalue weighted by molar-refractivity contribution is 5.99. The third-order valence-electron chi connectivity index (χ3n) is 0.965. The quantitative estimate of drug-likeness (QED) is 0.492. The van der Waals surface area contributed by atoms with Crippen molar-refractivity contribution < 1.29 is 4.79 Å². The molecule has 45 valence electrons. The molecule has 0 aromatic heterocycles. The zero-order valence-electron chi connectivity index (χ0n) is 4.74. The molecule has 1 aliphatic heterocycles. The second-order valence-electron chi connectivity index (χ2n) is 1.60. The van der Waals surface area contributed by atoms with Gasteiger partial charge in [0.2, 0.25) is 18.3 Å². The first kappa shape index (κ1) is 5.75. The molecule has 0 spiro atoms. The molecule has 0 atom stereocenters. The molecule has 0 saturated heterocycles. The highest BCUT2D eigenvalue weighted by atomic mass is 16.1. The topological polar surface area (TPSA) is 57.2 Å². The van der Waals surface area contributed by atoms with Crippen molar-refractivity contribution >= 4 is 12.1 Å². The van der Waals surface area contributed by atoms with Crippen LogP contribution in [0.2, 0.25) is 0 Å². The van der Waals surface area contributed by atoms with Crippen molar-refractivity contribution in [2.24, 2.45) is 5.73 Å². The van der Waals surface area contributed by atoms with Gasteiger partial charge in [-0.05, 0) is 0 Å². The van der Waals surface area contributed by atoms with Gasteiger partial charge in [-0.1, -0.05) is 0 Å². The van der Waals surface area contributed by atoms with E-state index < -0.39 is 5.91 Å². The van der Waals surface area contributed by atoms with Crippen molar-refractivity contribution in [1.29, 1.82) is 0 Å². The van der Waals surface area contributed by atoms with Crippen LogP contribution in [0.25, 0.3) is 0 Å². The summed E-state index contributed by atoms with van der Waals surface area (Å²) in [7, 11) is 0. The van der Waals surface area contributed by atoms with Crippen molar-refractivity contribution in [1.82, 2.24) is 4.99 Å². The van der Waals surface area contributed by atoms with Crippen LogP contribution in [0.1, 0.15) is 0 Å². The van der Waals surface area contributed by atoms with Crippen LogP contribution in [-0.2, 0) is 4.79 Å². The molecule has 1 heterocycles. The maximum absolute atomic E-state index is 10.4. The second kappa shape index (κ2) is 2.26. The fourth-order valence-corrected chi connectivity index (χ4v) is 0.516. The highest BCUT2D eigenvalue weighted by Crippen LogP contribution is 1.94. The summed E-state index contributed by atoms with van der Waals surface area (Å²) in [5.74, 6) is -0.419. The molecule has 0 aromatic carbocycles. The van der Waals surface area contributed by atoms with E-state index in [1.807, 2.05) is 0 Å². The standard InChI is InChI=1S/C6H6N2O/c7-6(9)5-1-3-8-4-2-5/h1-4H,(H2,7,9)/q+1. The van der Waals surface area contributed by atoms with E-state index in [9.17, 15) is 4.79 Å². The van der Waals surface area contributed by atoms with Gasteiger partial charge in [0.05, 0.1) is 10.6 Å². The third kappa shape index (κ3) is 1.25. The molecule has 1 aliphatic rings. The Morgan fingerprint density at radius 1 is 1.67 bits per heavy atom. The number of amides is 1. The minimum Gasteiger partial charge on any atom is -0.366 e.